The summed E-state index contributed by atoms with van der Waals surface area (Å²) in [5.74, 6) is 0.750. The second-order valence-corrected chi connectivity index (χ2v) is 6.93. The van der Waals surface area contributed by atoms with Crippen LogP contribution in [0.2, 0.25) is 5.15 Å². The molecular weight excluding hydrogens is 304 g/mol. The van der Waals surface area contributed by atoms with Gasteiger partial charge >= 0.3 is 6.09 Å². The number of likely N-dealkylation sites (tertiary alicyclic amines) is 1. The maximum atomic E-state index is 12.2. The van der Waals surface area contributed by atoms with Gasteiger partial charge in [0.05, 0.1) is 0 Å². The Balaban J connectivity index is 2.00. The number of nitrogens with zero attached hydrogens (tertiary/aromatic N) is 4. The van der Waals surface area contributed by atoms with Gasteiger partial charge < -0.3 is 14.5 Å². The standard InChI is InChI=1S/C15H23ClN4O2/c1-15(2,3)22-14(21)20-9-5-6-11(10-20)19(4)13-8-7-12(16)17-18-13/h7-8,11H,5-6,9-10H2,1-4H3/t11-/m1/s1. The number of carbonyl (C=O) groups excluding carboxylic acids is 1. The smallest absolute Gasteiger partial charge is 0.410 e. The van der Waals surface area contributed by atoms with Gasteiger partial charge in [-0.3, -0.25) is 0 Å². The van der Waals surface area contributed by atoms with Gasteiger partial charge in [-0.1, -0.05) is 11.6 Å². The fraction of sp³-hybridized carbons (Fsp3) is 0.667. The van der Waals surface area contributed by atoms with E-state index < -0.39 is 5.60 Å². The highest BCUT2D eigenvalue weighted by Gasteiger charge is 2.29. The Morgan fingerprint density at radius 3 is 2.73 bits per heavy atom. The number of likely N-dealkylation sites (N-methyl/N-ethyl adjacent to an activating group) is 1. The van der Waals surface area contributed by atoms with Crippen molar-refractivity contribution in [3.63, 3.8) is 0 Å². The summed E-state index contributed by atoms with van der Waals surface area (Å²) in [4.78, 5) is 16.0. The first kappa shape index (κ1) is 16.8. The van der Waals surface area contributed by atoms with E-state index in [1.54, 1.807) is 11.0 Å². The summed E-state index contributed by atoms with van der Waals surface area (Å²) >= 11 is 5.77. The molecule has 0 aliphatic carbocycles. The average Bonchev–Trinajstić information content (AvgIpc) is 2.46. The quantitative estimate of drug-likeness (QED) is 0.836. The van der Waals surface area contributed by atoms with Crippen molar-refractivity contribution in [2.45, 2.75) is 45.3 Å². The van der Waals surface area contributed by atoms with Gasteiger partial charge in [0.2, 0.25) is 0 Å². The summed E-state index contributed by atoms with van der Waals surface area (Å²) in [5.41, 5.74) is -0.475. The number of hydrogen-bond acceptors (Lipinski definition) is 5. The zero-order chi connectivity index (χ0) is 16.3. The van der Waals surface area contributed by atoms with Crippen LogP contribution < -0.4 is 4.90 Å². The van der Waals surface area contributed by atoms with Crippen molar-refractivity contribution in [2.75, 3.05) is 25.0 Å². The van der Waals surface area contributed by atoms with E-state index in [0.717, 1.165) is 25.2 Å². The molecule has 2 heterocycles. The molecule has 0 unspecified atom stereocenters. The highest BCUT2D eigenvalue weighted by Crippen LogP contribution is 2.21. The van der Waals surface area contributed by atoms with Gasteiger partial charge in [-0.05, 0) is 45.7 Å². The minimum absolute atomic E-state index is 0.191. The highest BCUT2D eigenvalue weighted by atomic mass is 35.5. The molecule has 7 heteroatoms. The van der Waals surface area contributed by atoms with Crippen molar-refractivity contribution >= 4 is 23.5 Å². The van der Waals surface area contributed by atoms with Crippen LogP contribution in [0, 0.1) is 0 Å². The molecule has 0 bridgehead atoms. The molecule has 0 aromatic carbocycles. The third-order valence-corrected chi connectivity index (χ3v) is 3.78. The maximum absolute atomic E-state index is 12.2. The minimum Gasteiger partial charge on any atom is -0.444 e. The summed E-state index contributed by atoms with van der Waals surface area (Å²) in [6.45, 7) is 6.98. The Bertz CT molecular complexity index is 515. The molecule has 0 saturated carbocycles. The Morgan fingerprint density at radius 1 is 1.41 bits per heavy atom. The number of aromatic nitrogens is 2. The van der Waals surface area contributed by atoms with Crippen LogP contribution in [0.25, 0.3) is 0 Å². The highest BCUT2D eigenvalue weighted by molar-refractivity contribution is 6.29. The average molecular weight is 327 g/mol. The van der Waals surface area contributed by atoms with Crippen LogP contribution in [-0.2, 0) is 4.74 Å². The second kappa shape index (κ2) is 6.69. The van der Waals surface area contributed by atoms with Crippen molar-refractivity contribution < 1.29 is 9.53 Å². The lowest BCUT2D eigenvalue weighted by atomic mass is 10.0. The number of piperidine rings is 1. The zero-order valence-electron chi connectivity index (χ0n) is 13.5. The lowest BCUT2D eigenvalue weighted by Crippen LogP contribution is -2.50. The number of hydrogen-bond donors (Lipinski definition) is 0. The molecule has 1 amide bonds. The molecular formula is C15H23ClN4O2. The SMILES string of the molecule is CN(c1ccc(Cl)nn1)[C@@H]1CCCN(C(=O)OC(C)(C)C)C1. The van der Waals surface area contributed by atoms with E-state index in [2.05, 4.69) is 10.2 Å². The molecule has 1 atom stereocenters. The molecule has 1 aliphatic heterocycles. The van der Waals surface area contributed by atoms with E-state index in [-0.39, 0.29) is 12.1 Å². The molecule has 1 fully saturated rings. The Hall–Kier alpha value is -1.56. The number of rotatable bonds is 2. The number of carbonyl (C=O) groups is 1. The van der Waals surface area contributed by atoms with Crippen molar-refractivity contribution in [1.82, 2.24) is 15.1 Å². The van der Waals surface area contributed by atoms with Crippen LogP contribution in [0.1, 0.15) is 33.6 Å². The van der Waals surface area contributed by atoms with Gasteiger partial charge in [-0.15, -0.1) is 10.2 Å². The van der Waals surface area contributed by atoms with Crippen LogP contribution in [0.15, 0.2) is 12.1 Å². The van der Waals surface area contributed by atoms with Gasteiger partial charge in [0.15, 0.2) is 11.0 Å². The lowest BCUT2D eigenvalue weighted by molar-refractivity contribution is 0.0199. The van der Waals surface area contributed by atoms with Crippen LogP contribution >= 0.6 is 11.6 Å². The van der Waals surface area contributed by atoms with E-state index in [9.17, 15) is 4.79 Å². The van der Waals surface area contributed by atoms with E-state index in [1.165, 1.54) is 0 Å². The Kier molecular flexibility index (Phi) is 5.11. The second-order valence-electron chi connectivity index (χ2n) is 6.55. The molecule has 2 rings (SSSR count). The Labute approximate surface area is 136 Å². The van der Waals surface area contributed by atoms with E-state index in [0.29, 0.717) is 11.7 Å². The fourth-order valence-electron chi connectivity index (χ4n) is 2.45. The van der Waals surface area contributed by atoms with Crippen molar-refractivity contribution in [1.29, 1.82) is 0 Å². The van der Waals surface area contributed by atoms with E-state index in [1.807, 2.05) is 38.8 Å². The minimum atomic E-state index is -0.475. The predicted octanol–water partition coefficient (Wildman–Crippen LogP) is 2.97. The van der Waals surface area contributed by atoms with Gasteiger partial charge in [0.25, 0.3) is 0 Å². The van der Waals surface area contributed by atoms with Gasteiger partial charge in [0, 0.05) is 26.2 Å². The molecule has 0 spiro atoms. The molecule has 1 aliphatic rings. The fourth-order valence-corrected chi connectivity index (χ4v) is 2.55. The molecule has 122 valence electrons. The molecule has 1 aromatic heterocycles. The molecule has 1 aromatic rings. The maximum Gasteiger partial charge on any atom is 0.410 e. The summed E-state index contributed by atoms with van der Waals surface area (Å²) < 4.78 is 5.45. The van der Waals surface area contributed by atoms with E-state index in [4.69, 9.17) is 16.3 Å². The summed E-state index contributed by atoms with van der Waals surface area (Å²) in [6, 6.07) is 3.74. The molecule has 22 heavy (non-hydrogen) atoms. The third-order valence-electron chi connectivity index (χ3n) is 3.58. The summed E-state index contributed by atoms with van der Waals surface area (Å²) in [7, 11) is 1.96. The number of ether oxygens (including phenoxy) is 1. The molecule has 0 radical (unpaired) electrons. The first-order chi connectivity index (χ1) is 10.3. The van der Waals surface area contributed by atoms with Crippen molar-refractivity contribution in [3.05, 3.63) is 17.3 Å². The number of anilines is 1. The summed E-state index contributed by atoms with van der Waals surface area (Å²) in [5, 5.41) is 8.33. The first-order valence-corrected chi connectivity index (χ1v) is 7.84. The van der Waals surface area contributed by atoms with Gasteiger partial charge in [0.1, 0.15) is 5.60 Å². The third kappa shape index (κ3) is 4.47. The molecule has 0 N–H and O–H groups in total. The van der Waals surface area contributed by atoms with Crippen LogP contribution in [0.3, 0.4) is 0 Å². The summed E-state index contributed by atoms with van der Waals surface area (Å²) in [6.07, 6.45) is 1.68. The van der Waals surface area contributed by atoms with Gasteiger partial charge in [-0.2, -0.15) is 0 Å². The first-order valence-electron chi connectivity index (χ1n) is 7.46. The monoisotopic (exact) mass is 326 g/mol. The molecule has 1 saturated heterocycles. The van der Waals surface area contributed by atoms with Crippen molar-refractivity contribution in [3.8, 4) is 0 Å². The largest absolute Gasteiger partial charge is 0.444 e. The number of halogens is 1. The molecule has 6 nitrogen and oxygen atoms in total. The van der Waals surface area contributed by atoms with Crippen molar-refractivity contribution in [2.24, 2.45) is 0 Å². The predicted molar refractivity (Wildman–Crippen MR) is 86.3 cm³/mol. The van der Waals surface area contributed by atoms with Gasteiger partial charge in [-0.25, -0.2) is 4.79 Å². The topological polar surface area (TPSA) is 58.6 Å². The number of amides is 1. The van der Waals surface area contributed by atoms with E-state index >= 15 is 0 Å². The Morgan fingerprint density at radius 2 is 2.14 bits per heavy atom. The van der Waals surface area contributed by atoms with Crippen LogP contribution in [0.4, 0.5) is 10.6 Å². The van der Waals surface area contributed by atoms with Crippen LogP contribution in [-0.4, -0.2) is 53.0 Å². The van der Waals surface area contributed by atoms with Crippen LogP contribution in [0.5, 0.6) is 0 Å². The lowest BCUT2D eigenvalue weighted by Gasteiger charge is -2.38. The zero-order valence-corrected chi connectivity index (χ0v) is 14.3. The normalized spacial score (nSPS) is 19.0.